The summed E-state index contributed by atoms with van der Waals surface area (Å²) < 4.78 is 10.6. The molecule has 0 N–H and O–H groups in total. The summed E-state index contributed by atoms with van der Waals surface area (Å²) in [4.78, 5) is 25.3. The number of hydrogen-bond donors (Lipinski definition) is 0. The number of nitro groups is 1. The molecule has 154 valence electrons. The lowest BCUT2D eigenvalue weighted by Crippen LogP contribution is -2.26. The van der Waals surface area contributed by atoms with Crippen molar-refractivity contribution >= 4 is 17.3 Å². The first-order chi connectivity index (χ1) is 14.5. The van der Waals surface area contributed by atoms with Crippen molar-refractivity contribution in [3.05, 3.63) is 100 Å². The average molecular weight is 406 g/mol. The molecule has 1 heterocycles. The number of allylic oxidation sites excluding steroid dienone is 2. The van der Waals surface area contributed by atoms with Gasteiger partial charge in [-0.25, -0.2) is 4.79 Å². The van der Waals surface area contributed by atoms with Gasteiger partial charge in [0.2, 0.25) is 0 Å². The summed E-state index contributed by atoms with van der Waals surface area (Å²) >= 11 is 0. The van der Waals surface area contributed by atoms with Crippen molar-refractivity contribution in [2.45, 2.75) is 12.8 Å². The first-order valence-corrected chi connectivity index (χ1v) is 9.31. The summed E-state index contributed by atoms with van der Waals surface area (Å²) in [6.07, 6.45) is 5.26. The molecule has 0 aromatic heterocycles. The molecule has 0 spiro atoms. The molecule has 0 fully saturated rings. The van der Waals surface area contributed by atoms with E-state index in [1.54, 1.807) is 19.2 Å². The predicted octanol–water partition coefficient (Wildman–Crippen LogP) is 4.72. The largest absolute Gasteiger partial charge is 0.497 e. The van der Waals surface area contributed by atoms with Gasteiger partial charge in [0.05, 0.1) is 17.6 Å². The van der Waals surface area contributed by atoms with Gasteiger partial charge in [0.25, 0.3) is 5.69 Å². The Morgan fingerprint density at radius 2 is 2.00 bits per heavy atom. The number of carbonyl (C=O) groups excluding carboxylic acids is 1. The van der Waals surface area contributed by atoms with Crippen LogP contribution in [0.5, 0.6) is 5.75 Å². The molecule has 0 amide bonds. The summed E-state index contributed by atoms with van der Waals surface area (Å²) in [6.45, 7) is 5.51. The Balaban J connectivity index is 2.04. The number of ether oxygens (including phenoxy) is 2. The minimum atomic E-state index is -0.465. The second-order valence-corrected chi connectivity index (χ2v) is 6.63. The standard InChI is InChI=1S/C23H22N2O5/c1-4-14-30-23(26)22-16(2)24(19-6-5-7-20(15-19)29-3)13-12-21(22)17-8-10-18(11-9-17)25(27)28/h4-13,15,21H,1,14H2,2-3H3. The summed E-state index contributed by atoms with van der Waals surface area (Å²) in [5, 5.41) is 11.0. The van der Waals surface area contributed by atoms with E-state index in [1.807, 2.05) is 48.4 Å². The van der Waals surface area contributed by atoms with Crippen LogP contribution in [0.3, 0.4) is 0 Å². The Kier molecular flexibility index (Phi) is 6.32. The third-order valence-corrected chi connectivity index (χ3v) is 4.84. The van der Waals surface area contributed by atoms with Crippen molar-refractivity contribution in [1.82, 2.24) is 0 Å². The summed E-state index contributed by atoms with van der Waals surface area (Å²) in [5.74, 6) is -0.167. The highest BCUT2D eigenvalue weighted by molar-refractivity contribution is 5.93. The van der Waals surface area contributed by atoms with Crippen molar-refractivity contribution in [2.75, 3.05) is 18.6 Å². The number of methoxy groups -OCH3 is 1. The number of nitrogens with zero attached hydrogens (tertiary/aromatic N) is 2. The maximum absolute atomic E-state index is 12.9. The zero-order valence-electron chi connectivity index (χ0n) is 16.8. The maximum Gasteiger partial charge on any atom is 0.337 e. The third-order valence-electron chi connectivity index (χ3n) is 4.84. The Morgan fingerprint density at radius 1 is 1.27 bits per heavy atom. The van der Waals surface area contributed by atoms with Crippen molar-refractivity contribution in [2.24, 2.45) is 0 Å². The first kappa shape index (κ1) is 20.9. The topological polar surface area (TPSA) is 81.9 Å². The third kappa shape index (κ3) is 4.25. The lowest BCUT2D eigenvalue weighted by atomic mass is 9.87. The fourth-order valence-corrected chi connectivity index (χ4v) is 3.34. The average Bonchev–Trinajstić information content (AvgIpc) is 2.77. The molecule has 3 rings (SSSR count). The molecular formula is C23H22N2O5. The van der Waals surface area contributed by atoms with Gasteiger partial charge in [-0.2, -0.15) is 0 Å². The normalized spacial score (nSPS) is 15.7. The Hall–Kier alpha value is -3.87. The van der Waals surface area contributed by atoms with Gasteiger partial charge in [0.1, 0.15) is 12.4 Å². The van der Waals surface area contributed by atoms with Crippen LogP contribution in [0.1, 0.15) is 18.4 Å². The minimum absolute atomic E-state index is 0.00645. The molecule has 30 heavy (non-hydrogen) atoms. The number of esters is 1. The molecule has 0 bridgehead atoms. The smallest absolute Gasteiger partial charge is 0.337 e. The van der Waals surface area contributed by atoms with Crippen LogP contribution >= 0.6 is 0 Å². The number of carbonyl (C=O) groups is 1. The SMILES string of the molecule is C=CCOC(=O)C1=C(C)N(c2cccc(OC)c2)C=CC1c1ccc([N+](=O)[O-])cc1. The number of rotatable bonds is 7. The van der Waals surface area contributed by atoms with Gasteiger partial charge in [-0.05, 0) is 24.6 Å². The molecule has 7 nitrogen and oxygen atoms in total. The van der Waals surface area contributed by atoms with E-state index >= 15 is 0 Å². The summed E-state index contributed by atoms with van der Waals surface area (Å²) in [5.41, 5.74) is 2.73. The van der Waals surface area contributed by atoms with Crippen LogP contribution < -0.4 is 9.64 Å². The van der Waals surface area contributed by atoms with Crippen LogP contribution in [-0.2, 0) is 9.53 Å². The first-order valence-electron chi connectivity index (χ1n) is 9.31. The zero-order valence-corrected chi connectivity index (χ0v) is 16.8. The predicted molar refractivity (Wildman–Crippen MR) is 114 cm³/mol. The fraction of sp³-hybridized carbons (Fsp3) is 0.174. The van der Waals surface area contributed by atoms with Gasteiger partial charge in [0.15, 0.2) is 0 Å². The number of hydrogen-bond acceptors (Lipinski definition) is 6. The zero-order chi connectivity index (χ0) is 21.7. The molecular weight excluding hydrogens is 384 g/mol. The lowest BCUT2D eigenvalue weighted by Gasteiger charge is -2.31. The number of benzene rings is 2. The van der Waals surface area contributed by atoms with Crippen LogP contribution in [0.4, 0.5) is 11.4 Å². The second-order valence-electron chi connectivity index (χ2n) is 6.63. The monoisotopic (exact) mass is 406 g/mol. The Labute approximate surface area is 174 Å². The van der Waals surface area contributed by atoms with Crippen LogP contribution in [0.15, 0.2) is 84.7 Å². The maximum atomic E-state index is 12.9. The van der Waals surface area contributed by atoms with Gasteiger partial charge >= 0.3 is 5.97 Å². The van der Waals surface area contributed by atoms with E-state index in [9.17, 15) is 14.9 Å². The van der Waals surface area contributed by atoms with Crippen molar-refractivity contribution in [1.29, 1.82) is 0 Å². The molecule has 0 aliphatic carbocycles. The van der Waals surface area contributed by atoms with Gasteiger partial charge in [-0.3, -0.25) is 10.1 Å². The van der Waals surface area contributed by atoms with Crippen LogP contribution in [0.25, 0.3) is 0 Å². The highest BCUT2D eigenvalue weighted by atomic mass is 16.6. The number of anilines is 1. The number of non-ortho nitro benzene ring substituents is 1. The summed E-state index contributed by atoms with van der Waals surface area (Å²) in [7, 11) is 1.59. The molecule has 1 aliphatic heterocycles. The van der Waals surface area contributed by atoms with E-state index in [2.05, 4.69) is 6.58 Å². The molecule has 1 aliphatic rings. The van der Waals surface area contributed by atoms with Crippen LogP contribution in [0.2, 0.25) is 0 Å². The van der Waals surface area contributed by atoms with E-state index in [0.29, 0.717) is 17.0 Å². The number of nitro benzene ring substituents is 1. The molecule has 0 saturated heterocycles. The molecule has 1 unspecified atom stereocenters. The highest BCUT2D eigenvalue weighted by Gasteiger charge is 2.30. The van der Waals surface area contributed by atoms with Gasteiger partial charge < -0.3 is 14.4 Å². The van der Waals surface area contributed by atoms with Gasteiger partial charge in [-0.15, -0.1) is 0 Å². The highest BCUT2D eigenvalue weighted by Crippen LogP contribution is 2.37. The van der Waals surface area contributed by atoms with Crippen molar-refractivity contribution < 1.29 is 19.2 Å². The Morgan fingerprint density at radius 3 is 2.63 bits per heavy atom. The molecule has 0 saturated carbocycles. The molecule has 1 atom stereocenters. The van der Waals surface area contributed by atoms with E-state index < -0.39 is 16.8 Å². The fourth-order valence-electron chi connectivity index (χ4n) is 3.34. The summed E-state index contributed by atoms with van der Waals surface area (Å²) in [6, 6.07) is 13.7. The van der Waals surface area contributed by atoms with E-state index in [4.69, 9.17) is 9.47 Å². The second kappa shape index (κ2) is 9.09. The van der Waals surface area contributed by atoms with Crippen molar-refractivity contribution in [3.8, 4) is 5.75 Å². The lowest BCUT2D eigenvalue weighted by molar-refractivity contribution is -0.384. The van der Waals surface area contributed by atoms with Crippen molar-refractivity contribution in [3.63, 3.8) is 0 Å². The van der Waals surface area contributed by atoms with Crippen LogP contribution in [0, 0.1) is 10.1 Å². The quantitative estimate of drug-likeness (QED) is 0.286. The van der Waals surface area contributed by atoms with E-state index in [1.165, 1.54) is 18.2 Å². The molecule has 2 aromatic rings. The van der Waals surface area contributed by atoms with Gasteiger partial charge in [0, 0.05) is 41.7 Å². The van der Waals surface area contributed by atoms with Crippen LogP contribution in [-0.4, -0.2) is 24.6 Å². The van der Waals surface area contributed by atoms with E-state index in [-0.39, 0.29) is 12.3 Å². The molecule has 0 radical (unpaired) electrons. The van der Waals surface area contributed by atoms with E-state index in [0.717, 1.165) is 11.3 Å². The van der Waals surface area contributed by atoms with Gasteiger partial charge in [-0.1, -0.05) is 36.9 Å². The Bertz CT molecular complexity index is 1020. The molecule has 7 heteroatoms. The minimum Gasteiger partial charge on any atom is -0.497 e. The molecule has 2 aromatic carbocycles.